The summed E-state index contributed by atoms with van der Waals surface area (Å²) in [4.78, 5) is 44.8. The van der Waals surface area contributed by atoms with Gasteiger partial charge in [0.15, 0.2) is 0 Å². The zero-order valence-corrected chi connectivity index (χ0v) is 14.7. The molecule has 0 atom stereocenters. The molecule has 12 nitrogen and oxygen atoms in total. The van der Waals surface area contributed by atoms with Crippen molar-refractivity contribution in [3.05, 3.63) is 41.0 Å². The summed E-state index contributed by atoms with van der Waals surface area (Å²) in [5, 5.41) is 20.2. The number of aromatic carboxylic acids is 2. The van der Waals surface area contributed by atoms with Crippen molar-refractivity contribution in [2.24, 2.45) is 0 Å². The summed E-state index contributed by atoms with van der Waals surface area (Å²) in [5.74, 6) is -2.74. The molecule has 13 heteroatoms. The van der Waals surface area contributed by atoms with Crippen LogP contribution in [0.25, 0.3) is 0 Å². The van der Waals surface area contributed by atoms with Gasteiger partial charge in [0, 0.05) is 0 Å². The van der Waals surface area contributed by atoms with Gasteiger partial charge in [-0.2, -0.15) is 9.97 Å². The number of hydrogen-bond donors (Lipinski definition) is 4. The summed E-state index contributed by atoms with van der Waals surface area (Å²) in [5.41, 5.74) is -1.17. The van der Waals surface area contributed by atoms with Crippen molar-refractivity contribution in [1.82, 2.24) is 19.7 Å². The average molecular weight is 395 g/mol. The Kier molecular flexibility index (Phi) is 5.35. The molecule has 0 saturated carbocycles. The summed E-state index contributed by atoms with van der Waals surface area (Å²) in [7, 11) is -4.71. The number of rotatable bonds is 5. The van der Waals surface area contributed by atoms with Crippen LogP contribution >= 0.6 is 0 Å². The fourth-order valence-corrected chi connectivity index (χ4v) is 3.16. The van der Waals surface area contributed by atoms with Crippen molar-refractivity contribution in [2.45, 2.75) is 18.7 Å². The van der Waals surface area contributed by atoms with Gasteiger partial charge < -0.3 is 10.2 Å². The Morgan fingerprint density at radius 1 is 0.963 bits per heavy atom. The van der Waals surface area contributed by atoms with E-state index < -0.39 is 44.0 Å². The van der Waals surface area contributed by atoms with Gasteiger partial charge in [-0.25, -0.2) is 32.5 Å². The Morgan fingerprint density at radius 3 is 2.07 bits per heavy atom. The summed E-state index contributed by atoms with van der Waals surface area (Å²) < 4.78 is 26.4. The normalized spacial score (nSPS) is 10.9. The van der Waals surface area contributed by atoms with E-state index in [2.05, 4.69) is 20.3 Å². The van der Waals surface area contributed by atoms with Crippen LogP contribution in [0.4, 0.5) is 10.7 Å². The third-order valence-electron chi connectivity index (χ3n) is 3.06. The van der Waals surface area contributed by atoms with Gasteiger partial charge in [0.05, 0.1) is 11.1 Å². The first kappa shape index (κ1) is 19.7. The summed E-state index contributed by atoms with van der Waals surface area (Å²) in [6.45, 7) is 3.07. The van der Waals surface area contributed by atoms with E-state index in [1.807, 2.05) is 0 Å². The van der Waals surface area contributed by atoms with Gasteiger partial charge >= 0.3 is 18.0 Å². The number of hydrogen-bond acceptors (Lipinski definition) is 8. The topological polar surface area (TPSA) is 189 Å². The fourth-order valence-electron chi connectivity index (χ4n) is 2.03. The lowest BCUT2D eigenvalue weighted by atomic mass is 10.1. The number of sulfonamides is 1. The number of carboxylic acids is 2. The largest absolute Gasteiger partial charge is 0.478 e. The molecular weight excluding hydrogens is 382 g/mol. The number of aromatic nitrogens is 3. The van der Waals surface area contributed by atoms with E-state index in [9.17, 15) is 22.8 Å². The van der Waals surface area contributed by atoms with Gasteiger partial charge in [-0.15, -0.1) is 0 Å². The molecule has 27 heavy (non-hydrogen) atoms. The lowest BCUT2D eigenvalue weighted by Crippen LogP contribution is -2.36. The van der Waals surface area contributed by atoms with Crippen LogP contribution in [0.1, 0.15) is 32.4 Å². The van der Waals surface area contributed by atoms with E-state index in [1.54, 1.807) is 4.72 Å². The highest BCUT2D eigenvalue weighted by molar-refractivity contribution is 7.90. The van der Waals surface area contributed by atoms with Crippen LogP contribution < -0.4 is 10.0 Å². The second kappa shape index (κ2) is 7.33. The smallest absolute Gasteiger partial charge is 0.337 e. The van der Waals surface area contributed by atoms with Gasteiger partial charge in [0.1, 0.15) is 16.5 Å². The Balaban J connectivity index is 2.35. The van der Waals surface area contributed by atoms with Crippen molar-refractivity contribution >= 4 is 33.9 Å². The third-order valence-corrected chi connectivity index (χ3v) is 4.43. The van der Waals surface area contributed by atoms with Crippen molar-refractivity contribution in [3.63, 3.8) is 0 Å². The minimum Gasteiger partial charge on any atom is -0.478 e. The molecule has 0 aliphatic rings. The van der Waals surface area contributed by atoms with Crippen LogP contribution in [0, 0.1) is 13.8 Å². The van der Waals surface area contributed by atoms with Crippen molar-refractivity contribution in [2.75, 3.05) is 5.32 Å². The molecular formula is C14H13N5O7S. The van der Waals surface area contributed by atoms with E-state index in [0.717, 1.165) is 12.1 Å². The number of carbonyl (C=O) groups excluding carboxylic acids is 1. The van der Waals surface area contributed by atoms with Crippen LogP contribution in [0.2, 0.25) is 0 Å². The number of nitrogens with zero attached hydrogens (tertiary/aromatic N) is 3. The zero-order chi connectivity index (χ0) is 20.4. The molecule has 0 fully saturated rings. The van der Waals surface area contributed by atoms with E-state index in [4.69, 9.17) is 10.2 Å². The molecule has 2 rings (SSSR count). The predicted molar refractivity (Wildman–Crippen MR) is 89.0 cm³/mol. The third kappa shape index (κ3) is 4.72. The molecule has 1 aromatic carbocycles. The van der Waals surface area contributed by atoms with Crippen LogP contribution in [-0.2, 0) is 10.0 Å². The number of aryl methyl sites for hydroxylation is 2. The first-order chi connectivity index (χ1) is 12.5. The minimum atomic E-state index is -4.71. The number of carbonyl (C=O) groups is 3. The average Bonchev–Trinajstić information content (AvgIpc) is 2.52. The highest BCUT2D eigenvalue weighted by atomic mass is 32.2. The van der Waals surface area contributed by atoms with Crippen LogP contribution in [0.15, 0.2) is 23.1 Å². The summed E-state index contributed by atoms with van der Waals surface area (Å²) >= 11 is 0. The molecule has 2 aromatic rings. The van der Waals surface area contributed by atoms with Gasteiger partial charge in [-0.3, -0.25) is 5.32 Å². The molecule has 142 valence electrons. The van der Waals surface area contributed by atoms with Crippen molar-refractivity contribution < 1.29 is 33.0 Å². The van der Waals surface area contributed by atoms with E-state index in [0.29, 0.717) is 6.07 Å². The number of carboxylic acid groups (broad SMARTS) is 2. The summed E-state index contributed by atoms with van der Waals surface area (Å²) in [6.07, 6.45) is 0. The van der Waals surface area contributed by atoms with E-state index >= 15 is 0 Å². The van der Waals surface area contributed by atoms with Gasteiger partial charge in [-0.05, 0) is 32.0 Å². The molecule has 1 aromatic heterocycles. The predicted octanol–water partition coefficient (Wildman–Crippen LogP) is 0.395. The lowest BCUT2D eigenvalue weighted by Gasteiger charge is -2.11. The maximum absolute atomic E-state index is 12.4. The molecule has 0 saturated heterocycles. The number of benzene rings is 1. The number of nitrogens with one attached hydrogen (secondary N) is 2. The van der Waals surface area contributed by atoms with Crippen molar-refractivity contribution in [3.8, 4) is 0 Å². The minimum absolute atomic E-state index is 0.217. The Hall–Kier alpha value is -3.61. The van der Waals surface area contributed by atoms with Crippen LogP contribution in [0.3, 0.4) is 0 Å². The SMILES string of the molecule is Cc1nc(C)nc(NC(=O)NS(=O)(=O)c2cc(C(=O)O)ccc2C(=O)O)n1. The maximum atomic E-state index is 12.4. The molecule has 0 unspecified atom stereocenters. The molecule has 0 radical (unpaired) electrons. The molecule has 0 aliphatic carbocycles. The van der Waals surface area contributed by atoms with E-state index in [1.165, 1.54) is 13.8 Å². The second-order valence-corrected chi connectivity index (χ2v) is 6.79. The van der Waals surface area contributed by atoms with E-state index in [-0.39, 0.29) is 17.6 Å². The Morgan fingerprint density at radius 2 is 1.56 bits per heavy atom. The van der Waals surface area contributed by atoms with Crippen LogP contribution in [-0.4, -0.2) is 51.6 Å². The quantitative estimate of drug-likeness (QED) is 0.551. The lowest BCUT2D eigenvalue weighted by molar-refractivity contribution is 0.0678. The second-order valence-electron chi connectivity index (χ2n) is 5.13. The van der Waals surface area contributed by atoms with Crippen LogP contribution in [0.5, 0.6) is 0 Å². The molecule has 0 bridgehead atoms. The Labute approximate surface area is 152 Å². The van der Waals surface area contributed by atoms with Gasteiger partial charge in [-0.1, -0.05) is 0 Å². The molecule has 1 heterocycles. The highest BCUT2D eigenvalue weighted by Gasteiger charge is 2.26. The maximum Gasteiger partial charge on any atom is 0.337 e. The number of urea groups is 1. The van der Waals surface area contributed by atoms with Gasteiger partial charge in [0.25, 0.3) is 10.0 Å². The number of anilines is 1. The van der Waals surface area contributed by atoms with Gasteiger partial charge in [0.2, 0.25) is 5.95 Å². The molecule has 0 aliphatic heterocycles. The first-order valence-corrected chi connectivity index (χ1v) is 8.61. The standard InChI is InChI=1S/C14H13N5O7S/c1-6-15-7(2)17-13(16-6)18-14(24)19-27(25,26)10-5-8(11(20)21)3-4-9(10)12(22)23/h3-5H,1-2H3,(H,20,21)(H,22,23)(H2,15,16,17,18,19,24). The summed E-state index contributed by atoms with van der Waals surface area (Å²) in [6, 6.07) is 1.12. The molecule has 2 amide bonds. The zero-order valence-electron chi connectivity index (χ0n) is 13.9. The monoisotopic (exact) mass is 395 g/mol. The molecule has 4 N–H and O–H groups in total. The van der Waals surface area contributed by atoms with Crippen molar-refractivity contribution in [1.29, 1.82) is 0 Å². The number of amides is 2. The Bertz CT molecular complexity index is 1030. The highest BCUT2D eigenvalue weighted by Crippen LogP contribution is 2.18. The fraction of sp³-hybridized carbons (Fsp3) is 0.143. The molecule has 0 spiro atoms. The first-order valence-electron chi connectivity index (χ1n) is 7.13.